The zero-order valence-corrected chi connectivity index (χ0v) is 14.5. The molecule has 0 aliphatic carbocycles. The van der Waals surface area contributed by atoms with Gasteiger partial charge in [0.15, 0.2) is 0 Å². The molecule has 0 unspecified atom stereocenters. The van der Waals surface area contributed by atoms with Crippen molar-refractivity contribution in [2.24, 2.45) is 11.3 Å². The van der Waals surface area contributed by atoms with E-state index in [-0.39, 0.29) is 11.3 Å². The van der Waals surface area contributed by atoms with E-state index in [0.717, 1.165) is 51.2 Å². The molecule has 4 nitrogen and oxygen atoms in total. The van der Waals surface area contributed by atoms with Crippen molar-refractivity contribution in [3.05, 3.63) is 35.4 Å². The Bertz CT molecular complexity index is 557. The quantitative estimate of drug-likeness (QED) is 0.854. The molecule has 4 heteroatoms. The zero-order valence-electron chi connectivity index (χ0n) is 14.5. The molecule has 2 aliphatic heterocycles. The number of carbonyl (C=O) groups is 1. The lowest BCUT2D eigenvalue weighted by molar-refractivity contribution is 0.0716. The highest BCUT2D eigenvalue weighted by Gasteiger charge is 2.50. The second-order valence-corrected chi connectivity index (χ2v) is 7.24. The fraction of sp³-hybridized carbons (Fsp3) is 0.632. The van der Waals surface area contributed by atoms with Gasteiger partial charge in [-0.3, -0.25) is 4.79 Å². The van der Waals surface area contributed by atoms with Gasteiger partial charge in [0.05, 0.1) is 6.61 Å². The number of hydrogen-bond donors (Lipinski definition) is 0. The van der Waals surface area contributed by atoms with Gasteiger partial charge in [0.25, 0.3) is 5.91 Å². The molecule has 0 bridgehead atoms. The Morgan fingerprint density at radius 2 is 2.04 bits per heavy atom. The van der Waals surface area contributed by atoms with Crippen molar-refractivity contribution in [1.82, 2.24) is 9.80 Å². The fourth-order valence-electron chi connectivity index (χ4n) is 4.33. The summed E-state index contributed by atoms with van der Waals surface area (Å²) in [5, 5.41) is 0. The van der Waals surface area contributed by atoms with Crippen molar-refractivity contribution in [3.8, 4) is 0 Å². The molecule has 2 saturated heterocycles. The van der Waals surface area contributed by atoms with Crippen LogP contribution in [0.3, 0.4) is 0 Å². The predicted octanol–water partition coefficient (Wildman–Crippen LogP) is 2.29. The minimum atomic E-state index is 0.176. The van der Waals surface area contributed by atoms with Crippen molar-refractivity contribution in [3.63, 3.8) is 0 Å². The van der Waals surface area contributed by atoms with Crippen molar-refractivity contribution >= 4 is 5.91 Å². The monoisotopic (exact) mass is 316 g/mol. The summed E-state index contributed by atoms with van der Waals surface area (Å²) in [4.78, 5) is 17.2. The maximum absolute atomic E-state index is 12.8. The van der Waals surface area contributed by atoms with E-state index in [9.17, 15) is 4.79 Å². The summed E-state index contributed by atoms with van der Waals surface area (Å²) in [6.07, 6.45) is 2.09. The van der Waals surface area contributed by atoms with Crippen molar-refractivity contribution in [2.45, 2.75) is 19.8 Å². The summed E-state index contributed by atoms with van der Waals surface area (Å²) in [6.45, 7) is 6.79. The van der Waals surface area contributed by atoms with Gasteiger partial charge in [0, 0.05) is 50.2 Å². The van der Waals surface area contributed by atoms with Crippen LogP contribution in [-0.2, 0) is 11.2 Å². The minimum absolute atomic E-state index is 0.176. The molecular formula is C19H28N2O2. The lowest BCUT2D eigenvalue weighted by atomic mass is 9.77. The van der Waals surface area contributed by atoms with E-state index >= 15 is 0 Å². The van der Waals surface area contributed by atoms with Gasteiger partial charge in [-0.15, -0.1) is 0 Å². The number of amides is 1. The standard InChI is InChI=1S/C19H28N2O2/c1-4-15-5-7-16(8-6-15)18(22)21-10-9-19(14-21)13-20(2)11-17(19)12-23-3/h5-8,17H,4,9-14H2,1-3H3/t17-,19+/m0/s1. The van der Waals surface area contributed by atoms with E-state index in [2.05, 4.69) is 31.0 Å². The molecule has 2 fully saturated rings. The molecule has 0 saturated carbocycles. The first kappa shape index (κ1) is 16.5. The number of carbonyl (C=O) groups excluding carboxylic acids is 1. The van der Waals surface area contributed by atoms with Gasteiger partial charge in [-0.2, -0.15) is 0 Å². The fourth-order valence-corrected chi connectivity index (χ4v) is 4.33. The van der Waals surface area contributed by atoms with Crippen molar-refractivity contribution < 1.29 is 9.53 Å². The number of ether oxygens (including phenoxy) is 1. The Balaban J connectivity index is 1.72. The third-order valence-electron chi connectivity index (χ3n) is 5.63. The highest BCUT2D eigenvalue weighted by molar-refractivity contribution is 5.94. The van der Waals surface area contributed by atoms with E-state index < -0.39 is 0 Å². The molecule has 1 spiro atoms. The molecule has 126 valence electrons. The van der Waals surface area contributed by atoms with E-state index in [4.69, 9.17) is 4.74 Å². The molecule has 2 heterocycles. The largest absolute Gasteiger partial charge is 0.384 e. The maximum Gasteiger partial charge on any atom is 0.253 e. The maximum atomic E-state index is 12.8. The Labute approximate surface area is 139 Å². The van der Waals surface area contributed by atoms with Crippen LogP contribution < -0.4 is 0 Å². The van der Waals surface area contributed by atoms with Crippen molar-refractivity contribution in [1.29, 1.82) is 0 Å². The minimum Gasteiger partial charge on any atom is -0.384 e. The number of hydrogen-bond acceptors (Lipinski definition) is 3. The van der Waals surface area contributed by atoms with Crippen LogP contribution >= 0.6 is 0 Å². The predicted molar refractivity (Wildman–Crippen MR) is 91.6 cm³/mol. The van der Waals surface area contributed by atoms with E-state index in [1.165, 1.54) is 5.56 Å². The van der Waals surface area contributed by atoms with Crippen LogP contribution in [0.15, 0.2) is 24.3 Å². The van der Waals surface area contributed by atoms with Gasteiger partial charge in [0.1, 0.15) is 0 Å². The highest BCUT2D eigenvalue weighted by atomic mass is 16.5. The number of benzene rings is 1. The van der Waals surface area contributed by atoms with Crippen LogP contribution in [0, 0.1) is 11.3 Å². The number of nitrogens with zero attached hydrogens (tertiary/aromatic N) is 2. The molecular weight excluding hydrogens is 288 g/mol. The molecule has 3 rings (SSSR count). The van der Waals surface area contributed by atoms with Crippen LogP contribution in [0.5, 0.6) is 0 Å². The second-order valence-electron chi connectivity index (χ2n) is 7.24. The zero-order chi connectivity index (χ0) is 16.4. The van der Waals surface area contributed by atoms with E-state index in [1.54, 1.807) is 7.11 Å². The lowest BCUT2D eigenvalue weighted by Crippen LogP contribution is -2.38. The molecule has 0 radical (unpaired) electrons. The Hall–Kier alpha value is -1.39. The average Bonchev–Trinajstić information content (AvgIpc) is 3.11. The summed E-state index contributed by atoms with van der Waals surface area (Å²) < 4.78 is 5.44. The molecule has 2 atom stereocenters. The van der Waals surface area contributed by atoms with Gasteiger partial charge in [-0.1, -0.05) is 19.1 Å². The molecule has 0 N–H and O–H groups in total. The number of methoxy groups -OCH3 is 1. The number of likely N-dealkylation sites (tertiary alicyclic amines) is 2. The summed E-state index contributed by atoms with van der Waals surface area (Å²) in [7, 11) is 3.95. The number of rotatable bonds is 4. The smallest absolute Gasteiger partial charge is 0.253 e. The van der Waals surface area contributed by atoms with Gasteiger partial charge < -0.3 is 14.5 Å². The van der Waals surface area contributed by atoms with Gasteiger partial charge in [0.2, 0.25) is 0 Å². The van der Waals surface area contributed by atoms with Crippen LogP contribution in [0.4, 0.5) is 0 Å². The van der Waals surface area contributed by atoms with Gasteiger partial charge in [-0.25, -0.2) is 0 Å². The van der Waals surface area contributed by atoms with Crippen LogP contribution in [-0.4, -0.2) is 62.7 Å². The summed E-state index contributed by atoms with van der Waals surface area (Å²) >= 11 is 0. The second kappa shape index (κ2) is 6.62. The van der Waals surface area contributed by atoms with Gasteiger partial charge in [-0.05, 0) is 37.6 Å². The molecule has 2 aliphatic rings. The topological polar surface area (TPSA) is 32.8 Å². The first-order valence-corrected chi connectivity index (χ1v) is 8.63. The lowest BCUT2D eigenvalue weighted by Gasteiger charge is -2.30. The highest BCUT2D eigenvalue weighted by Crippen LogP contribution is 2.43. The molecule has 23 heavy (non-hydrogen) atoms. The van der Waals surface area contributed by atoms with Crippen molar-refractivity contribution in [2.75, 3.05) is 46.9 Å². The number of aryl methyl sites for hydroxylation is 1. The first-order chi connectivity index (χ1) is 11.1. The molecule has 1 aromatic rings. The van der Waals surface area contributed by atoms with Crippen LogP contribution in [0.2, 0.25) is 0 Å². The Morgan fingerprint density at radius 3 is 2.70 bits per heavy atom. The summed E-state index contributed by atoms with van der Waals surface area (Å²) in [5.74, 6) is 0.702. The summed E-state index contributed by atoms with van der Waals surface area (Å²) in [6, 6.07) is 8.07. The Morgan fingerprint density at radius 1 is 1.30 bits per heavy atom. The van der Waals surface area contributed by atoms with E-state index in [1.807, 2.05) is 17.0 Å². The van der Waals surface area contributed by atoms with Crippen LogP contribution in [0.1, 0.15) is 29.3 Å². The van der Waals surface area contributed by atoms with Crippen LogP contribution in [0.25, 0.3) is 0 Å². The van der Waals surface area contributed by atoms with Gasteiger partial charge >= 0.3 is 0 Å². The third-order valence-corrected chi connectivity index (χ3v) is 5.63. The average molecular weight is 316 g/mol. The summed E-state index contributed by atoms with van der Waals surface area (Å²) in [5.41, 5.74) is 2.30. The SMILES string of the molecule is CCc1ccc(C(=O)N2CC[C@@]3(CN(C)C[C@H]3COC)C2)cc1. The Kier molecular flexibility index (Phi) is 4.74. The normalized spacial score (nSPS) is 28.0. The van der Waals surface area contributed by atoms with E-state index in [0.29, 0.717) is 5.92 Å². The molecule has 1 amide bonds. The first-order valence-electron chi connectivity index (χ1n) is 8.63. The molecule has 0 aromatic heterocycles. The molecule has 1 aromatic carbocycles. The third kappa shape index (κ3) is 3.15.